The molecule has 0 saturated heterocycles. The summed E-state index contributed by atoms with van der Waals surface area (Å²) in [6, 6.07) is 1.23. The van der Waals surface area contributed by atoms with Gasteiger partial charge in [0.2, 0.25) is 0 Å². The summed E-state index contributed by atoms with van der Waals surface area (Å²) in [7, 11) is 0. The van der Waals surface area contributed by atoms with E-state index in [1.54, 1.807) is 0 Å². The van der Waals surface area contributed by atoms with Crippen LogP contribution in [0.1, 0.15) is 10.4 Å². The maximum atomic E-state index is 13.0. The van der Waals surface area contributed by atoms with Gasteiger partial charge in [0.25, 0.3) is 0 Å². The van der Waals surface area contributed by atoms with Crippen LogP contribution in [0.3, 0.4) is 0 Å². The predicted octanol–water partition coefficient (Wildman–Crippen LogP) is 1.32. The molecule has 0 spiro atoms. The van der Waals surface area contributed by atoms with E-state index >= 15 is 0 Å². The van der Waals surface area contributed by atoms with Crippen LogP contribution in [-0.2, 0) is 0 Å². The Hall–Kier alpha value is -1.76. The molecule has 15 heavy (non-hydrogen) atoms. The Bertz CT molecular complexity index is 437. The molecule has 0 heterocycles. The van der Waals surface area contributed by atoms with E-state index in [9.17, 15) is 13.6 Å². The minimum Gasteiger partial charge on any atom is -0.478 e. The minimum atomic E-state index is -1.50. The summed E-state index contributed by atoms with van der Waals surface area (Å²) in [5.74, 6) is -3.63. The molecule has 0 radical (unpaired) electrons. The molecule has 0 unspecified atom stereocenters. The van der Waals surface area contributed by atoms with Crippen LogP contribution in [0.5, 0.6) is 0 Å². The van der Waals surface area contributed by atoms with Gasteiger partial charge in [0.1, 0.15) is 11.6 Å². The van der Waals surface area contributed by atoms with Crippen molar-refractivity contribution in [2.45, 2.75) is 0 Å². The molecule has 0 aliphatic heterocycles. The molecule has 1 aromatic carbocycles. The van der Waals surface area contributed by atoms with Gasteiger partial charge in [0, 0.05) is 6.07 Å². The monoisotopic (exact) mass is 232 g/mol. The molecule has 7 heteroatoms. The van der Waals surface area contributed by atoms with Gasteiger partial charge in [-0.15, -0.1) is 0 Å². The van der Waals surface area contributed by atoms with Crippen LogP contribution >= 0.6 is 12.2 Å². The van der Waals surface area contributed by atoms with Crippen molar-refractivity contribution in [3.63, 3.8) is 0 Å². The third kappa shape index (κ3) is 2.59. The van der Waals surface area contributed by atoms with Crippen molar-refractivity contribution in [1.82, 2.24) is 0 Å². The zero-order chi connectivity index (χ0) is 11.6. The largest absolute Gasteiger partial charge is 0.478 e. The third-order valence-corrected chi connectivity index (χ3v) is 1.65. The molecule has 0 saturated carbocycles. The Labute approximate surface area is 88.7 Å². The summed E-state index contributed by atoms with van der Waals surface area (Å²) >= 11 is 4.44. The molecular formula is C8H6F2N2O2S. The number of hydrogen-bond acceptors (Lipinski definition) is 2. The summed E-state index contributed by atoms with van der Waals surface area (Å²) in [5.41, 5.74) is 4.14. The predicted molar refractivity (Wildman–Crippen MR) is 53.7 cm³/mol. The first-order valence-corrected chi connectivity index (χ1v) is 4.11. The molecule has 4 nitrogen and oxygen atoms in total. The number of anilines is 1. The van der Waals surface area contributed by atoms with Crippen molar-refractivity contribution in [2.75, 3.05) is 5.32 Å². The molecule has 0 amide bonds. The van der Waals surface area contributed by atoms with Crippen LogP contribution in [0.2, 0.25) is 0 Å². The molecule has 4 N–H and O–H groups in total. The summed E-state index contributed by atoms with van der Waals surface area (Å²) < 4.78 is 25.9. The first-order valence-electron chi connectivity index (χ1n) is 3.70. The van der Waals surface area contributed by atoms with E-state index in [0.29, 0.717) is 6.07 Å². The first-order chi connectivity index (χ1) is 6.91. The van der Waals surface area contributed by atoms with Crippen LogP contribution in [0, 0.1) is 11.6 Å². The van der Waals surface area contributed by atoms with Crippen molar-refractivity contribution in [3.8, 4) is 0 Å². The lowest BCUT2D eigenvalue weighted by Gasteiger charge is -2.06. The van der Waals surface area contributed by atoms with Gasteiger partial charge in [-0.2, -0.15) is 0 Å². The highest BCUT2D eigenvalue weighted by Gasteiger charge is 2.15. The maximum absolute atomic E-state index is 13.0. The number of rotatable bonds is 2. The average Bonchev–Trinajstić information content (AvgIpc) is 2.08. The van der Waals surface area contributed by atoms with Crippen LogP contribution in [0.25, 0.3) is 0 Å². The lowest BCUT2D eigenvalue weighted by atomic mass is 10.2. The average molecular weight is 232 g/mol. The smallest absolute Gasteiger partial charge is 0.338 e. The van der Waals surface area contributed by atoms with E-state index in [-0.39, 0.29) is 10.8 Å². The van der Waals surface area contributed by atoms with E-state index in [4.69, 9.17) is 10.8 Å². The molecular weight excluding hydrogens is 226 g/mol. The van der Waals surface area contributed by atoms with Crippen molar-refractivity contribution >= 4 is 29.0 Å². The van der Waals surface area contributed by atoms with Crippen LogP contribution in [0.15, 0.2) is 12.1 Å². The van der Waals surface area contributed by atoms with Gasteiger partial charge in [-0.25, -0.2) is 13.6 Å². The Morgan fingerprint density at radius 3 is 2.47 bits per heavy atom. The number of carbonyl (C=O) groups is 1. The number of hydrogen-bond donors (Lipinski definition) is 3. The lowest BCUT2D eigenvalue weighted by Crippen LogP contribution is -2.20. The molecule has 80 valence electrons. The molecule has 0 fully saturated rings. The number of nitrogens with one attached hydrogen (secondary N) is 1. The highest BCUT2D eigenvalue weighted by molar-refractivity contribution is 7.80. The standard InChI is InChI=1S/C8H6F2N2O2S/c9-4-2-5(10)6(12-8(11)15)1-3(4)7(13)14/h1-2H,(H,13,14)(H3,11,12,15). The van der Waals surface area contributed by atoms with Gasteiger partial charge in [0.05, 0.1) is 11.3 Å². The van der Waals surface area contributed by atoms with E-state index in [1.807, 2.05) is 0 Å². The second kappa shape index (κ2) is 4.18. The van der Waals surface area contributed by atoms with Crippen LogP contribution < -0.4 is 11.1 Å². The topological polar surface area (TPSA) is 75.3 Å². The van der Waals surface area contributed by atoms with Gasteiger partial charge >= 0.3 is 5.97 Å². The quantitative estimate of drug-likeness (QED) is 0.670. The molecule has 1 rings (SSSR count). The Morgan fingerprint density at radius 2 is 2.00 bits per heavy atom. The van der Waals surface area contributed by atoms with Gasteiger partial charge in [-0.1, -0.05) is 0 Å². The van der Waals surface area contributed by atoms with Crippen molar-refractivity contribution in [1.29, 1.82) is 0 Å². The summed E-state index contributed by atoms with van der Waals surface area (Å²) in [4.78, 5) is 10.5. The van der Waals surface area contributed by atoms with E-state index in [2.05, 4.69) is 17.5 Å². The zero-order valence-corrected chi connectivity index (χ0v) is 8.07. The Kier molecular flexibility index (Phi) is 3.15. The zero-order valence-electron chi connectivity index (χ0n) is 7.25. The summed E-state index contributed by atoms with van der Waals surface area (Å²) in [6.45, 7) is 0. The number of carboxylic acid groups (broad SMARTS) is 1. The normalized spacial score (nSPS) is 9.73. The highest BCUT2D eigenvalue weighted by atomic mass is 32.1. The van der Waals surface area contributed by atoms with Gasteiger partial charge in [-0.05, 0) is 18.3 Å². The number of nitrogens with two attached hydrogens (primary N) is 1. The Morgan fingerprint density at radius 1 is 1.40 bits per heavy atom. The minimum absolute atomic E-state index is 0.239. The molecule has 1 aromatic rings. The van der Waals surface area contributed by atoms with E-state index in [0.717, 1.165) is 6.07 Å². The highest BCUT2D eigenvalue weighted by Crippen LogP contribution is 2.19. The van der Waals surface area contributed by atoms with Gasteiger partial charge in [0.15, 0.2) is 5.11 Å². The summed E-state index contributed by atoms with van der Waals surface area (Å²) in [6.07, 6.45) is 0. The number of aromatic carboxylic acids is 1. The molecule has 0 aliphatic carbocycles. The Balaban J connectivity index is 3.23. The first kappa shape index (κ1) is 11.3. The van der Waals surface area contributed by atoms with Crippen molar-refractivity contribution in [3.05, 3.63) is 29.3 Å². The molecule has 0 aromatic heterocycles. The maximum Gasteiger partial charge on any atom is 0.338 e. The number of benzene rings is 1. The fourth-order valence-electron chi connectivity index (χ4n) is 0.941. The van der Waals surface area contributed by atoms with Crippen molar-refractivity contribution < 1.29 is 18.7 Å². The number of carboxylic acids is 1. The SMILES string of the molecule is NC(=S)Nc1cc(C(=O)O)c(F)cc1F. The summed E-state index contributed by atoms with van der Waals surface area (Å²) in [5, 5.41) is 10.5. The molecule has 0 atom stereocenters. The van der Waals surface area contributed by atoms with Crippen LogP contribution in [0.4, 0.5) is 14.5 Å². The second-order valence-corrected chi connectivity index (χ2v) is 3.05. The van der Waals surface area contributed by atoms with Gasteiger partial charge in [-0.3, -0.25) is 0 Å². The second-order valence-electron chi connectivity index (χ2n) is 2.61. The number of halogens is 2. The number of thiocarbonyl (C=S) groups is 1. The van der Waals surface area contributed by atoms with Crippen molar-refractivity contribution in [2.24, 2.45) is 5.73 Å². The van der Waals surface area contributed by atoms with E-state index in [1.165, 1.54) is 0 Å². The third-order valence-electron chi connectivity index (χ3n) is 1.55. The molecule has 0 bridgehead atoms. The fourth-order valence-corrected chi connectivity index (χ4v) is 1.05. The molecule has 0 aliphatic rings. The fraction of sp³-hybridized carbons (Fsp3) is 0. The van der Waals surface area contributed by atoms with Crippen LogP contribution in [-0.4, -0.2) is 16.2 Å². The lowest BCUT2D eigenvalue weighted by molar-refractivity contribution is 0.0692. The van der Waals surface area contributed by atoms with Gasteiger partial charge < -0.3 is 16.2 Å². The van der Waals surface area contributed by atoms with E-state index < -0.39 is 23.2 Å².